The minimum absolute atomic E-state index is 0.264. The van der Waals surface area contributed by atoms with Gasteiger partial charge in [-0.05, 0) is 0 Å². The molecule has 0 fully saturated rings. The van der Waals surface area contributed by atoms with Crippen LogP contribution in [0.4, 0.5) is 0 Å². The van der Waals surface area contributed by atoms with Crippen LogP contribution in [0.5, 0.6) is 0 Å². The molecule has 0 saturated carbocycles. The van der Waals surface area contributed by atoms with Crippen molar-refractivity contribution >= 4 is 38.2 Å². The van der Waals surface area contributed by atoms with E-state index in [9.17, 15) is 10.2 Å². The molecule has 0 radical (unpaired) electrons. The molecule has 0 aromatic carbocycles. The van der Waals surface area contributed by atoms with Crippen molar-refractivity contribution in [2.24, 2.45) is 0 Å². The van der Waals surface area contributed by atoms with Crippen molar-refractivity contribution in [2.45, 2.75) is 38.9 Å². The van der Waals surface area contributed by atoms with E-state index < -0.39 is 11.2 Å². The van der Waals surface area contributed by atoms with E-state index in [1.54, 1.807) is 27.7 Å². The molecular formula is C10H16Cl2O2Se. The summed E-state index contributed by atoms with van der Waals surface area (Å²) in [6.45, 7) is 6.61. The van der Waals surface area contributed by atoms with Gasteiger partial charge in [0.15, 0.2) is 0 Å². The van der Waals surface area contributed by atoms with Crippen molar-refractivity contribution in [3.8, 4) is 0 Å². The van der Waals surface area contributed by atoms with Crippen molar-refractivity contribution < 1.29 is 10.2 Å². The summed E-state index contributed by atoms with van der Waals surface area (Å²) in [5.74, 6) is 0. The zero-order chi connectivity index (χ0) is 12.3. The van der Waals surface area contributed by atoms with E-state index in [1.165, 1.54) is 11.1 Å². The van der Waals surface area contributed by atoms with Crippen LogP contribution < -0.4 is 0 Å². The van der Waals surface area contributed by atoms with Crippen LogP contribution in [0.3, 0.4) is 0 Å². The van der Waals surface area contributed by atoms with Crippen LogP contribution >= 0.6 is 23.2 Å². The molecule has 0 aliphatic carbocycles. The van der Waals surface area contributed by atoms with Gasteiger partial charge >= 0.3 is 107 Å². The number of hydrogen-bond acceptors (Lipinski definition) is 2. The molecule has 5 heteroatoms. The van der Waals surface area contributed by atoms with E-state index in [0.717, 1.165) is 0 Å². The summed E-state index contributed by atoms with van der Waals surface area (Å²) < 4.78 is 1.34. The number of rotatable bonds is 4. The Labute approximate surface area is 107 Å². The summed E-state index contributed by atoms with van der Waals surface area (Å²) in [7, 11) is 0. The standard InChI is InChI=1S/C10H16Cl2O2Se/c1-9(2,13)7(5-11)15-8(6-12)10(3,4)14/h5-6,13-14H,1-4H3/b7-5-,8-6-. The first-order valence-electron chi connectivity index (χ1n) is 4.37. The fraction of sp³-hybridized carbons (Fsp3) is 0.600. The third-order valence-corrected chi connectivity index (χ3v) is 6.16. The molecule has 0 aliphatic heterocycles. The van der Waals surface area contributed by atoms with E-state index in [-0.39, 0.29) is 15.0 Å². The Morgan fingerprint density at radius 1 is 0.933 bits per heavy atom. The molecule has 0 amide bonds. The van der Waals surface area contributed by atoms with Crippen LogP contribution in [0.2, 0.25) is 0 Å². The van der Waals surface area contributed by atoms with Crippen LogP contribution in [0.25, 0.3) is 0 Å². The molecule has 0 spiro atoms. The molecule has 0 aromatic rings. The zero-order valence-electron chi connectivity index (χ0n) is 9.21. The first-order valence-corrected chi connectivity index (χ1v) is 6.96. The number of hydrogen-bond donors (Lipinski definition) is 2. The van der Waals surface area contributed by atoms with Gasteiger partial charge in [-0.3, -0.25) is 0 Å². The summed E-state index contributed by atoms with van der Waals surface area (Å²) in [5, 5.41) is 19.6. The van der Waals surface area contributed by atoms with E-state index in [0.29, 0.717) is 8.94 Å². The second-order valence-corrected chi connectivity index (χ2v) is 6.88. The molecule has 2 nitrogen and oxygen atoms in total. The van der Waals surface area contributed by atoms with Crippen LogP contribution in [-0.2, 0) is 0 Å². The summed E-state index contributed by atoms with van der Waals surface area (Å²) >= 11 is 11.0. The Morgan fingerprint density at radius 2 is 1.20 bits per heavy atom. The van der Waals surface area contributed by atoms with Crippen LogP contribution in [-0.4, -0.2) is 36.4 Å². The van der Waals surface area contributed by atoms with E-state index in [4.69, 9.17) is 23.2 Å². The van der Waals surface area contributed by atoms with E-state index in [1.807, 2.05) is 0 Å². The predicted molar refractivity (Wildman–Crippen MR) is 66.2 cm³/mol. The average molecular weight is 318 g/mol. The maximum atomic E-state index is 9.80. The molecular weight excluding hydrogens is 302 g/mol. The van der Waals surface area contributed by atoms with Crippen molar-refractivity contribution in [1.82, 2.24) is 0 Å². The first-order chi connectivity index (χ1) is 6.62. The Bertz CT molecular complexity index is 244. The topological polar surface area (TPSA) is 40.5 Å². The van der Waals surface area contributed by atoms with Crippen LogP contribution in [0, 0.1) is 0 Å². The molecule has 0 unspecified atom stereocenters. The van der Waals surface area contributed by atoms with Crippen molar-refractivity contribution in [2.75, 3.05) is 0 Å². The summed E-state index contributed by atoms with van der Waals surface area (Å²) in [6, 6.07) is 0. The molecule has 0 saturated heterocycles. The second kappa shape index (κ2) is 5.72. The SMILES string of the molecule is CC(C)(O)/C(=C/Cl)[Se]/C(=C\Cl)C(C)(C)O. The van der Waals surface area contributed by atoms with Gasteiger partial charge in [0.05, 0.1) is 0 Å². The third-order valence-electron chi connectivity index (χ3n) is 1.62. The Kier molecular flexibility index (Phi) is 5.91. The van der Waals surface area contributed by atoms with E-state index >= 15 is 0 Å². The number of aliphatic hydroxyl groups is 2. The molecule has 0 aliphatic rings. The fourth-order valence-corrected chi connectivity index (χ4v) is 3.41. The van der Waals surface area contributed by atoms with Crippen molar-refractivity contribution in [1.29, 1.82) is 0 Å². The average Bonchev–Trinajstić information content (AvgIpc) is 2.01. The molecule has 0 aromatic heterocycles. The Morgan fingerprint density at radius 3 is 1.33 bits per heavy atom. The van der Waals surface area contributed by atoms with Crippen molar-refractivity contribution in [3.63, 3.8) is 0 Å². The van der Waals surface area contributed by atoms with Gasteiger partial charge in [0.25, 0.3) is 0 Å². The van der Waals surface area contributed by atoms with Gasteiger partial charge < -0.3 is 0 Å². The van der Waals surface area contributed by atoms with Gasteiger partial charge in [0, 0.05) is 0 Å². The molecule has 0 atom stereocenters. The van der Waals surface area contributed by atoms with Crippen LogP contribution in [0.1, 0.15) is 27.7 Å². The van der Waals surface area contributed by atoms with Crippen LogP contribution in [0.15, 0.2) is 20.0 Å². The van der Waals surface area contributed by atoms with Gasteiger partial charge in [0.1, 0.15) is 0 Å². The van der Waals surface area contributed by atoms with Gasteiger partial charge in [-0.2, -0.15) is 0 Å². The monoisotopic (exact) mass is 318 g/mol. The summed E-state index contributed by atoms with van der Waals surface area (Å²) in [6.07, 6.45) is 0. The van der Waals surface area contributed by atoms with Gasteiger partial charge in [-0.25, -0.2) is 0 Å². The Balaban J connectivity index is 4.87. The minimum atomic E-state index is -0.988. The van der Waals surface area contributed by atoms with Crippen molar-refractivity contribution in [3.05, 3.63) is 20.0 Å². The molecule has 0 heterocycles. The summed E-state index contributed by atoms with van der Waals surface area (Å²) in [4.78, 5) is 0. The quantitative estimate of drug-likeness (QED) is 0.782. The molecule has 0 bridgehead atoms. The predicted octanol–water partition coefficient (Wildman–Crippen LogP) is 2.39. The Hall–Kier alpha value is 0.499. The van der Waals surface area contributed by atoms with Gasteiger partial charge in [-0.1, -0.05) is 0 Å². The molecule has 15 heavy (non-hydrogen) atoms. The molecule has 2 N–H and O–H groups in total. The second-order valence-electron chi connectivity index (χ2n) is 4.17. The number of halogens is 2. The van der Waals surface area contributed by atoms with E-state index in [2.05, 4.69) is 0 Å². The normalized spacial score (nSPS) is 15.7. The maximum absolute atomic E-state index is 9.80. The fourth-order valence-electron chi connectivity index (χ4n) is 0.680. The first kappa shape index (κ1) is 15.5. The van der Waals surface area contributed by atoms with Gasteiger partial charge in [-0.15, -0.1) is 0 Å². The van der Waals surface area contributed by atoms with Gasteiger partial charge in [0.2, 0.25) is 0 Å². The molecule has 88 valence electrons. The third kappa shape index (κ3) is 5.39. The summed E-state index contributed by atoms with van der Waals surface area (Å²) in [5.41, 5.74) is 0.731. The zero-order valence-corrected chi connectivity index (χ0v) is 12.4. The molecule has 0 rings (SSSR count).